The monoisotopic (exact) mass is 293 g/mol. The number of ether oxygens (including phenoxy) is 1. The Hall–Kier alpha value is -1.56. The number of anilines is 2. The summed E-state index contributed by atoms with van der Waals surface area (Å²) in [6, 6.07) is 0. The highest BCUT2D eigenvalue weighted by atomic mass is 16.5. The molecule has 0 saturated heterocycles. The van der Waals surface area contributed by atoms with E-state index in [0.29, 0.717) is 5.75 Å². The van der Waals surface area contributed by atoms with Crippen molar-refractivity contribution in [2.24, 2.45) is 0 Å². The standard InChI is InChI=1S/C15H27N5O/c1-5-16-13-12(21-4)14(19-11-18-13)17-10-15(20(2)3)8-6-7-9-15/h11H,5-10H2,1-4H3,(H2,16,17,18,19). The van der Waals surface area contributed by atoms with Crippen molar-refractivity contribution in [3.05, 3.63) is 6.33 Å². The number of rotatable bonds is 7. The third-order valence-corrected chi connectivity index (χ3v) is 4.42. The molecule has 0 aliphatic heterocycles. The number of methoxy groups -OCH3 is 1. The van der Waals surface area contributed by atoms with E-state index in [-0.39, 0.29) is 5.54 Å². The highest BCUT2D eigenvalue weighted by molar-refractivity contribution is 5.63. The number of likely N-dealkylation sites (N-methyl/N-ethyl adjacent to an activating group) is 1. The van der Waals surface area contributed by atoms with Crippen molar-refractivity contribution < 1.29 is 4.74 Å². The molecule has 2 rings (SSSR count). The largest absolute Gasteiger partial charge is 0.490 e. The second-order valence-electron chi connectivity index (χ2n) is 5.81. The Kier molecular flexibility index (Phi) is 5.22. The first-order valence-corrected chi connectivity index (χ1v) is 7.67. The van der Waals surface area contributed by atoms with Crippen LogP contribution in [0.25, 0.3) is 0 Å². The second-order valence-corrected chi connectivity index (χ2v) is 5.81. The van der Waals surface area contributed by atoms with Crippen LogP contribution >= 0.6 is 0 Å². The highest BCUT2D eigenvalue weighted by Crippen LogP contribution is 2.35. The molecule has 0 unspecified atom stereocenters. The minimum absolute atomic E-state index is 0.217. The van der Waals surface area contributed by atoms with Gasteiger partial charge in [0.2, 0.25) is 5.75 Å². The Morgan fingerprint density at radius 2 is 1.81 bits per heavy atom. The predicted molar refractivity (Wildman–Crippen MR) is 86.1 cm³/mol. The van der Waals surface area contributed by atoms with Gasteiger partial charge in [-0.25, -0.2) is 9.97 Å². The molecule has 6 heteroatoms. The highest BCUT2D eigenvalue weighted by Gasteiger charge is 2.36. The van der Waals surface area contributed by atoms with Gasteiger partial charge in [0.05, 0.1) is 7.11 Å². The minimum Gasteiger partial charge on any atom is -0.490 e. The number of hydrogen-bond donors (Lipinski definition) is 2. The molecule has 1 fully saturated rings. The molecular formula is C15H27N5O. The molecule has 1 heterocycles. The Morgan fingerprint density at radius 3 is 2.33 bits per heavy atom. The lowest BCUT2D eigenvalue weighted by molar-refractivity contribution is 0.172. The van der Waals surface area contributed by atoms with Crippen LogP contribution in [-0.4, -0.2) is 54.7 Å². The summed E-state index contributed by atoms with van der Waals surface area (Å²) in [5, 5.41) is 6.67. The van der Waals surface area contributed by atoms with E-state index in [2.05, 4.69) is 39.6 Å². The zero-order valence-corrected chi connectivity index (χ0v) is 13.6. The van der Waals surface area contributed by atoms with Crippen molar-refractivity contribution in [3.63, 3.8) is 0 Å². The smallest absolute Gasteiger partial charge is 0.204 e. The number of nitrogens with zero attached hydrogens (tertiary/aromatic N) is 3. The van der Waals surface area contributed by atoms with Crippen molar-refractivity contribution in [3.8, 4) is 5.75 Å². The van der Waals surface area contributed by atoms with Gasteiger partial charge in [0.25, 0.3) is 0 Å². The first-order valence-electron chi connectivity index (χ1n) is 7.67. The van der Waals surface area contributed by atoms with E-state index in [1.54, 1.807) is 13.4 Å². The Labute approximate surface area is 127 Å². The van der Waals surface area contributed by atoms with Gasteiger partial charge in [-0.05, 0) is 33.9 Å². The minimum atomic E-state index is 0.217. The second kappa shape index (κ2) is 6.93. The van der Waals surface area contributed by atoms with Crippen LogP contribution < -0.4 is 15.4 Å². The molecule has 1 aliphatic carbocycles. The maximum absolute atomic E-state index is 5.47. The van der Waals surface area contributed by atoms with Crippen LogP contribution in [0.2, 0.25) is 0 Å². The van der Waals surface area contributed by atoms with Gasteiger partial charge in [-0.1, -0.05) is 12.8 Å². The van der Waals surface area contributed by atoms with E-state index in [9.17, 15) is 0 Å². The summed E-state index contributed by atoms with van der Waals surface area (Å²) in [6.07, 6.45) is 6.60. The van der Waals surface area contributed by atoms with Gasteiger partial charge >= 0.3 is 0 Å². The van der Waals surface area contributed by atoms with Crippen LogP contribution in [0.1, 0.15) is 32.6 Å². The lowest BCUT2D eigenvalue weighted by Gasteiger charge is -2.36. The quantitative estimate of drug-likeness (QED) is 0.803. The summed E-state index contributed by atoms with van der Waals surface area (Å²) in [5.41, 5.74) is 0.217. The fourth-order valence-electron chi connectivity index (χ4n) is 3.05. The molecule has 0 amide bonds. The molecule has 2 N–H and O–H groups in total. The maximum atomic E-state index is 5.47. The number of aromatic nitrogens is 2. The van der Waals surface area contributed by atoms with Crippen molar-refractivity contribution in [1.82, 2.24) is 14.9 Å². The van der Waals surface area contributed by atoms with Gasteiger partial charge < -0.3 is 20.3 Å². The van der Waals surface area contributed by atoms with Crippen LogP contribution in [0.15, 0.2) is 6.33 Å². The number of nitrogens with one attached hydrogen (secondary N) is 2. The molecule has 0 aromatic carbocycles. The molecule has 0 bridgehead atoms. The van der Waals surface area contributed by atoms with E-state index >= 15 is 0 Å². The molecule has 1 saturated carbocycles. The van der Waals surface area contributed by atoms with Crippen LogP contribution in [0.5, 0.6) is 5.75 Å². The van der Waals surface area contributed by atoms with Gasteiger partial charge in [-0.3, -0.25) is 0 Å². The summed E-state index contributed by atoms with van der Waals surface area (Å²) in [4.78, 5) is 10.9. The van der Waals surface area contributed by atoms with Gasteiger partial charge in [-0.2, -0.15) is 0 Å². The molecule has 0 atom stereocenters. The molecule has 1 aromatic heterocycles. The normalized spacial score (nSPS) is 17.0. The summed E-state index contributed by atoms with van der Waals surface area (Å²) >= 11 is 0. The molecule has 1 aromatic rings. The SMILES string of the molecule is CCNc1ncnc(NCC2(N(C)C)CCCC2)c1OC. The zero-order valence-electron chi connectivity index (χ0n) is 13.6. The molecule has 1 aliphatic rings. The summed E-state index contributed by atoms with van der Waals surface area (Å²) in [7, 11) is 5.98. The lowest BCUT2D eigenvalue weighted by Crippen LogP contribution is -2.47. The Bertz CT molecular complexity index is 457. The van der Waals surface area contributed by atoms with Crippen LogP contribution in [-0.2, 0) is 0 Å². The van der Waals surface area contributed by atoms with E-state index in [1.807, 2.05) is 6.92 Å². The average molecular weight is 293 g/mol. The summed E-state index contributed by atoms with van der Waals surface area (Å²) in [6.45, 7) is 3.71. The van der Waals surface area contributed by atoms with E-state index in [0.717, 1.165) is 24.7 Å². The summed E-state index contributed by atoms with van der Waals surface area (Å²) < 4.78 is 5.47. The summed E-state index contributed by atoms with van der Waals surface area (Å²) in [5.74, 6) is 2.19. The third-order valence-electron chi connectivity index (χ3n) is 4.42. The molecular weight excluding hydrogens is 266 g/mol. The van der Waals surface area contributed by atoms with Crippen molar-refractivity contribution >= 4 is 11.6 Å². The first kappa shape index (κ1) is 15.8. The van der Waals surface area contributed by atoms with E-state index in [4.69, 9.17) is 4.74 Å². The van der Waals surface area contributed by atoms with Crippen LogP contribution in [0.3, 0.4) is 0 Å². The van der Waals surface area contributed by atoms with Crippen LogP contribution in [0.4, 0.5) is 11.6 Å². The third kappa shape index (κ3) is 3.37. The van der Waals surface area contributed by atoms with Crippen LogP contribution in [0, 0.1) is 0 Å². The fraction of sp³-hybridized carbons (Fsp3) is 0.733. The fourth-order valence-corrected chi connectivity index (χ4v) is 3.05. The van der Waals surface area contributed by atoms with Gasteiger partial charge in [-0.15, -0.1) is 0 Å². The average Bonchev–Trinajstić information content (AvgIpc) is 2.96. The van der Waals surface area contributed by atoms with E-state index < -0.39 is 0 Å². The lowest BCUT2D eigenvalue weighted by atomic mass is 9.96. The molecule has 0 spiro atoms. The molecule has 6 nitrogen and oxygen atoms in total. The molecule has 0 radical (unpaired) electrons. The number of hydrogen-bond acceptors (Lipinski definition) is 6. The zero-order chi connectivity index (χ0) is 15.3. The maximum Gasteiger partial charge on any atom is 0.204 e. The first-order chi connectivity index (χ1) is 10.1. The van der Waals surface area contributed by atoms with Crippen molar-refractivity contribution in [2.75, 3.05) is 44.9 Å². The van der Waals surface area contributed by atoms with Gasteiger partial charge in [0.15, 0.2) is 11.6 Å². The predicted octanol–water partition coefficient (Wildman–Crippen LogP) is 2.20. The van der Waals surface area contributed by atoms with Gasteiger partial charge in [0.1, 0.15) is 6.33 Å². The Morgan fingerprint density at radius 1 is 1.19 bits per heavy atom. The van der Waals surface area contributed by atoms with Gasteiger partial charge in [0, 0.05) is 18.6 Å². The van der Waals surface area contributed by atoms with E-state index in [1.165, 1.54) is 25.7 Å². The molecule has 21 heavy (non-hydrogen) atoms. The van der Waals surface area contributed by atoms with Crippen molar-refractivity contribution in [1.29, 1.82) is 0 Å². The topological polar surface area (TPSA) is 62.3 Å². The Balaban J connectivity index is 2.14. The van der Waals surface area contributed by atoms with Crippen molar-refractivity contribution in [2.45, 2.75) is 38.1 Å². The molecule has 118 valence electrons.